The molecule has 0 bridgehead atoms. The molecule has 1 aromatic rings. The molecule has 0 heterocycles. The molecule has 1 rings (SSSR count). The predicted molar refractivity (Wildman–Crippen MR) is 92.9 cm³/mol. The Kier molecular flexibility index (Phi) is 7.42. The largest absolute Gasteiger partial charge is 0.467 e. The van der Waals surface area contributed by atoms with E-state index in [1.165, 1.54) is 14.0 Å². The van der Waals surface area contributed by atoms with E-state index in [9.17, 15) is 14.4 Å². The molecule has 0 aromatic heterocycles. The van der Waals surface area contributed by atoms with Crippen LogP contribution in [-0.4, -0.2) is 42.8 Å². The molecule has 25 heavy (non-hydrogen) atoms. The van der Waals surface area contributed by atoms with Gasteiger partial charge in [-0.1, -0.05) is 30.3 Å². The van der Waals surface area contributed by atoms with Crippen LogP contribution in [0.25, 0.3) is 0 Å². The van der Waals surface area contributed by atoms with Crippen molar-refractivity contribution >= 4 is 18.0 Å². The second-order valence-electron chi connectivity index (χ2n) is 6.64. The summed E-state index contributed by atoms with van der Waals surface area (Å²) in [7, 11) is 1.26. The summed E-state index contributed by atoms with van der Waals surface area (Å²) in [4.78, 5) is 35.9. The smallest absolute Gasteiger partial charge is 0.408 e. The van der Waals surface area contributed by atoms with Gasteiger partial charge in [0, 0.05) is 6.42 Å². The lowest BCUT2D eigenvalue weighted by atomic mass is 10.1. The molecule has 0 spiro atoms. The zero-order valence-electron chi connectivity index (χ0n) is 15.3. The Hall–Kier alpha value is -2.57. The van der Waals surface area contributed by atoms with Crippen LogP contribution in [0, 0.1) is 0 Å². The van der Waals surface area contributed by atoms with Gasteiger partial charge in [0.15, 0.2) is 0 Å². The zero-order valence-corrected chi connectivity index (χ0v) is 15.3. The highest BCUT2D eigenvalue weighted by atomic mass is 16.6. The quantitative estimate of drug-likeness (QED) is 0.763. The number of nitrogens with one attached hydrogen (secondary N) is 2. The van der Waals surface area contributed by atoms with E-state index < -0.39 is 35.7 Å². The molecule has 7 nitrogen and oxygen atoms in total. The monoisotopic (exact) mass is 350 g/mol. The Bertz CT molecular complexity index is 595. The van der Waals surface area contributed by atoms with Crippen molar-refractivity contribution in [3.05, 3.63) is 35.9 Å². The number of methoxy groups -OCH3 is 1. The van der Waals surface area contributed by atoms with Gasteiger partial charge in [0.25, 0.3) is 0 Å². The van der Waals surface area contributed by atoms with E-state index in [0.717, 1.165) is 5.56 Å². The SMILES string of the molecule is COC(=O)[C@H](Cc1ccccc1)NC(=O)[C@H](C)NC(=O)OC(C)(C)C. The van der Waals surface area contributed by atoms with Crippen LogP contribution in [-0.2, 0) is 25.5 Å². The van der Waals surface area contributed by atoms with Crippen molar-refractivity contribution in [1.82, 2.24) is 10.6 Å². The summed E-state index contributed by atoms with van der Waals surface area (Å²) in [6.07, 6.45) is -0.411. The van der Waals surface area contributed by atoms with Crippen molar-refractivity contribution in [2.75, 3.05) is 7.11 Å². The zero-order chi connectivity index (χ0) is 19.0. The van der Waals surface area contributed by atoms with Gasteiger partial charge in [-0.15, -0.1) is 0 Å². The standard InChI is InChI=1S/C18H26N2O5/c1-12(19-17(23)25-18(2,3)4)15(21)20-14(16(22)24-5)11-13-9-7-6-8-10-13/h6-10,12,14H,11H2,1-5H3,(H,19,23)(H,20,21)/t12-,14-/m0/s1. The Morgan fingerprint density at radius 1 is 1.08 bits per heavy atom. The molecule has 2 amide bonds. The van der Waals surface area contributed by atoms with Crippen molar-refractivity contribution in [1.29, 1.82) is 0 Å². The summed E-state index contributed by atoms with van der Waals surface area (Å²) in [6, 6.07) is 7.55. The molecule has 0 radical (unpaired) electrons. The molecule has 0 saturated heterocycles. The second kappa shape index (κ2) is 9.05. The lowest BCUT2D eigenvalue weighted by Gasteiger charge is -2.23. The average molecular weight is 350 g/mol. The van der Waals surface area contributed by atoms with Crippen LogP contribution in [0.2, 0.25) is 0 Å². The van der Waals surface area contributed by atoms with Crippen molar-refractivity contribution < 1.29 is 23.9 Å². The maximum atomic E-state index is 12.3. The molecule has 0 unspecified atom stereocenters. The van der Waals surface area contributed by atoms with E-state index in [1.807, 2.05) is 30.3 Å². The van der Waals surface area contributed by atoms with Crippen LogP contribution < -0.4 is 10.6 Å². The molecule has 1 aromatic carbocycles. The molecule has 0 saturated carbocycles. The first-order valence-electron chi connectivity index (χ1n) is 8.04. The normalized spacial score (nSPS) is 13.3. The van der Waals surface area contributed by atoms with Gasteiger partial charge in [-0.2, -0.15) is 0 Å². The maximum Gasteiger partial charge on any atom is 0.408 e. The Labute approximate surface area is 148 Å². The van der Waals surface area contributed by atoms with Gasteiger partial charge in [0.2, 0.25) is 5.91 Å². The number of carbonyl (C=O) groups excluding carboxylic acids is 3. The van der Waals surface area contributed by atoms with Crippen LogP contribution in [0.15, 0.2) is 30.3 Å². The van der Waals surface area contributed by atoms with Crippen LogP contribution in [0.1, 0.15) is 33.3 Å². The molecule has 0 fully saturated rings. The third kappa shape index (κ3) is 7.69. The van der Waals surface area contributed by atoms with E-state index >= 15 is 0 Å². The molecule has 138 valence electrons. The Balaban J connectivity index is 2.68. The van der Waals surface area contributed by atoms with Crippen molar-refractivity contribution in [3.8, 4) is 0 Å². The molecule has 2 N–H and O–H groups in total. The maximum absolute atomic E-state index is 12.3. The molecule has 0 aliphatic heterocycles. The summed E-state index contributed by atoms with van der Waals surface area (Å²) in [6.45, 7) is 6.69. The van der Waals surface area contributed by atoms with Gasteiger partial charge in [0.1, 0.15) is 17.7 Å². The van der Waals surface area contributed by atoms with E-state index in [0.29, 0.717) is 6.42 Å². The minimum Gasteiger partial charge on any atom is -0.467 e. The number of benzene rings is 1. The number of carbonyl (C=O) groups is 3. The summed E-state index contributed by atoms with van der Waals surface area (Å²) >= 11 is 0. The van der Waals surface area contributed by atoms with Gasteiger partial charge < -0.3 is 20.1 Å². The summed E-state index contributed by atoms with van der Waals surface area (Å²) in [5, 5.41) is 5.04. The number of amides is 2. The highest BCUT2D eigenvalue weighted by Crippen LogP contribution is 2.07. The lowest BCUT2D eigenvalue weighted by molar-refractivity contribution is -0.145. The number of esters is 1. The fraction of sp³-hybridized carbons (Fsp3) is 0.500. The Morgan fingerprint density at radius 3 is 2.20 bits per heavy atom. The van der Waals surface area contributed by atoms with E-state index in [2.05, 4.69) is 10.6 Å². The van der Waals surface area contributed by atoms with Gasteiger partial charge in [0.05, 0.1) is 7.11 Å². The molecular formula is C18H26N2O5. The topological polar surface area (TPSA) is 93.7 Å². The van der Waals surface area contributed by atoms with Gasteiger partial charge in [-0.05, 0) is 33.3 Å². The summed E-state index contributed by atoms with van der Waals surface area (Å²) in [5.41, 5.74) is 0.216. The fourth-order valence-corrected chi connectivity index (χ4v) is 2.03. The van der Waals surface area contributed by atoms with Gasteiger partial charge in [-0.3, -0.25) is 4.79 Å². The van der Waals surface area contributed by atoms with Crippen molar-refractivity contribution in [2.24, 2.45) is 0 Å². The highest BCUT2D eigenvalue weighted by Gasteiger charge is 2.26. The van der Waals surface area contributed by atoms with Crippen LogP contribution >= 0.6 is 0 Å². The third-order valence-electron chi connectivity index (χ3n) is 3.21. The van der Waals surface area contributed by atoms with Gasteiger partial charge >= 0.3 is 12.1 Å². The van der Waals surface area contributed by atoms with Crippen LogP contribution in [0.4, 0.5) is 4.79 Å². The van der Waals surface area contributed by atoms with Crippen LogP contribution in [0.3, 0.4) is 0 Å². The number of hydrogen-bond acceptors (Lipinski definition) is 5. The number of hydrogen-bond donors (Lipinski definition) is 2. The van der Waals surface area contributed by atoms with Crippen LogP contribution in [0.5, 0.6) is 0 Å². The predicted octanol–water partition coefficient (Wildman–Crippen LogP) is 1.80. The van der Waals surface area contributed by atoms with Crippen molar-refractivity contribution in [3.63, 3.8) is 0 Å². The van der Waals surface area contributed by atoms with E-state index in [4.69, 9.17) is 9.47 Å². The first-order chi connectivity index (χ1) is 11.6. The molecule has 7 heteroatoms. The van der Waals surface area contributed by atoms with E-state index in [1.54, 1.807) is 20.8 Å². The summed E-state index contributed by atoms with van der Waals surface area (Å²) in [5.74, 6) is -1.06. The third-order valence-corrected chi connectivity index (χ3v) is 3.21. The minimum atomic E-state index is -0.863. The number of ether oxygens (including phenoxy) is 2. The fourth-order valence-electron chi connectivity index (χ4n) is 2.03. The van der Waals surface area contributed by atoms with Crippen molar-refractivity contribution in [2.45, 2.75) is 51.8 Å². The van der Waals surface area contributed by atoms with Gasteiger partial charge in [-0.25, -0.2) is 9.59 Å². The highest BCUT2D eigenvalue weighted by molar-refractivity contribution is 5.89. The molecule has 0 aliphatic carbocycles. The second-order valence-corrected chi connectivity index (χ2v) is 6.64. The summed E-state index contributed by atoms with van der Waals surface area (Å²) < 4.78 is 9.85. The van der Waals surface area contributed by atoms with E-state index in [-0.39, 0.29) is 0 Å². The molecular weight excluding hydrogens is 324 g/mol. The lowest BCUT2D eigenvalue weighted by Crippen LogP contribution is -2.51. The first-order valence-corrected chi connectivity index (χ1v) is 8.04. The first kappa shape index (κ1) is 20.5. The molecule has 0 aliphatic rings. The minimum absolute atomic E-state index is 0.290. The number of alkyl carbamates (subject to hydrolysis) is 1. The average Bonchev–Trinajstić information content (AvgIpc) is 2.52. The number of rotatable bonds is 6. The molecule has 2 atom stereocenters. The Morgan fingerprint density at radius 2 is 1.68 bits per heavy atom.